The first-order valence-electron chi connectivity index (χ1n) is 4.61. The predicted molar refractivity (Wildman–Crippen MR) is 51.2 cm³/mol. The number of hydrogen-bond donors (Lipinski definition) is 0. The van der Waals surface area contributed by atoms with Crippen molar-refractivity contribution in [2.45, 2.75) is 24.6 Å². The average Bonchev–Trinajstić information content (AvgIpc) is 2.64. The standard InChI is InChI=1S/C9H14BrNO/c1-6-4-7(6)5-11-3-2-8(10)9(11)12/h6-8H,2-5H2,1H3. The predicted octanol–water partition coefficient (Wildman–Crippen LogP) is 1.64. The minimum atomic E-state index is 0.103. The highest BCUT2D eigenvalue weighted by molar-refractivity contribution is 9.10. The molecular formula is C9H14BrNO. The molecule has 0 aromatic carbocycles. The first kappa shape index (κ1) is 8.54. The molecule has 1 amide bonds. The van der Waals surface area contributed by atoms with Gasteiger partial charge in [-0.25, -0.2) is 0 Å². The van der Waals surface area contributed by atoms with E-state index in [0.717, 1.165) is 31.3 Å². The average molecular weight is 232 g/mol. The van der Waals surface area contributed by atoms with E-state index in [1.165, 1.54) is 6.42 Å². The Kier molecular flexibility index (Phi) is 2.15. The maximum Gasteiger partial charge on any atom is 0.236 e. The highest BCUT2D eigenvalue weighted by Crippen LogP contribution is 2.39. The van der Waals surface area contributed by atoms with Crippen LogP contribution in [0.15, 0.2) is 0 Å². The van der Waals surface area contributed by atoms with Crippen molar-refractivity contribution in [1.82, 2.24) is 4.90 Å². The number of rotatable bonds is 2. The van der Waals surface area contributed by atoms with Crippen molar-refractivity contribution < 1.29 is 4.79 Å². The van der Waals surface area contributed by atoms with Crippen LogP contribution in [0.4, 0.5) is 0 Å². The molecule has 12 heavy (non-hydrogen) atoms. The van der Waals surface area contributed by atoms with Gasteiger partial charge in [-0.2, -0.15) is 0 Å². The van der Waals surface area contributed by atoms with Gasteiger partial charge in [-0.05, 0) is 24.7 Å². The van der Waals surface area contributed by atoms with Gasteiger partial charge in [-0.15, -0.1) is 0 Å². The Balaban J connectivity index is 1.85. The van der Waals surface area contributed by atoms with E-state index in [-0.39, 0.29) is 4.83 Å². The van der Waals surface area contributed by atoms with Gasteiger partial charge in [0.15, 0.2) is 0 Å². The second kappa shape index (κ2) is 3.02. The summed E-state index contributed by atoms with van der Waals surface area (Å²) in [5, 5.41) is 0. The van der Waals surface area contributed by atoms with Crippen LogP contribution in [-0.4, -0.2) is 28.7 Å². The van der Waals surface area contributed by atoms with E-state index >= 15 is 0 Å². The number of carbonyl (C=O) groups is 1. The number of halogens is 1. The van der Waals surface area contributed by atoms with Crippen molar-refractivity contribution in [2.75, 3.05) is 13.1 Å². The zero-order chi connectivity index (χ0) is 8.72. The lowest BCUT2D eigenvalue weighted by atomic mass is 10.3. The number of likely N-dealkylation sites (tertiary alicyclic amines) is 1. The van der Waals surface area contributed by atoms with Crippen LogP contribution in [0.5, 0.6) is 0 Å². The fourth-order valence-electron chi connectivity index (χ4n) is 1.82. The molecule has 0 radical (unpaired) electrons. The molecule has 0 spiro atoms. The molecule has 1 aliphatic heterocycles. The SMILES string of the molecule is CC1CC1CN1CCC(Br)C1=O. The third-order valence-electron chi connectivity index (χ3n) is 2.96. The Bertz CT molecular complexity index is 207. The summed E-state index contributed by atoms with van der Waals surface area (Å²) in [4.78, 5) is 13.6. The summed E-state index contributed by atoms with van der Waals surface area (Å²) in [6.07, 6.45) is 2.30. The second-order valence-corrected chi connectivity index (χ2v) is 5.12. The van der Waals surface area contributed by atoms with Crippen LogP contribution >= 0.6 is 15.9 Å². The third kappa shape index (κ3) is 1.51. The molecule has 0 aromatic rings. The lowest BCUT2D eigenvalue weighted by molar-refractivity contribution is -0.127. The van der Waals surface area contributed by atoms with E-state index in [4.69, 9.17) is 0 Å². The maximum atomic E-state index is 11.5. The lowest BCUT2D eigenvalue weighted by Crippen LogP contribution is -2.29. The van der Waals surface area contributed by atoms with Crippen LogP contribution in [0.2, 0.25) is 0 Å². The van der Waals surface area contributed by atoms with Crippen molar-refractivity contribution >= 4 is 21.8 Å². The number of amides is 1. The summed E-state index contributed by atoms with van der Waals surface area (Å²) in [6.45, 7) is 4.22. The molecule has 1 saturated heterocycles. The van der Waals surface area contributed by atoms with E-state index in [0.29, 0.717) is 5.91 Å². The van der Waals surface area contributed by atoms with Gasteiger partial charge in [0.2, 0.25) is 5.91 Å². The molecule has 2 rings (SSSR count). The van der Waals surface area contributed by atoms with Gasteiger partial charge in [0.05, 0.1) is 4.83 Å². The fraction of sp³-hybridized carbons (Fsp3) is 0.889. The Hall–Kier alpha value is -0.0500. The van der Waals surface area contributed by atoms with E-state index in [1.54, 1.807) is 0 Å². The van der Waals surface area contributed by atoms with Crippen LogP contribution in [-0.2, 0) is 4.79 Å². The Labute approximate surface area is 81.4 Å². The fourth-order valence-corrected chi connectivity index (χ4v) is 2.31. The van der Waals surface area contributed by atoms with Gasteiger partial charge in [0, 0.05) is 13.1 Å². The van der Waals surface area contributed by atoms with Crippen molar-refractivity contribution in [3.8, 4) is 0 Å². The van der Waals surface area contributed by atoms with Crippen LogP contribution in [0, 0.1) is 11.8 Å². The molecule has 3 unspecified atom stereocenters. The highest BCUT2D eigenvalue weighted by Gasteiger charge is 2.38. The van der Waals surface area contributed by atoms with Crippen LogP contribution < -0.4 is 0 Å². The molecule has 1 aliphatic carbocycles. The summed E-state index contributed by atoms with van der Waals surface area (Å²) < 4.78 is 0. The van der Waals surface area contributed by atoms with Gasteiger partial charge in [0.1, 0.15) is 0 Å². The minimum Gasteiger partial charge on any atom is -0.341 e. The lowest BCUT2D eigenvalue weighted by Gasteiger charge is -2.14. The monoisotopic (exact) mass is 231 g/mol. The van der Waals surface area contributed by atoms with Gasteiger partial charge >= 0.3 is 0 Å². The Morgan fingerprint density at radius 2 is 2.33 bits per heavy atom. The molecule has 2 aliphatic rings. The van der Waals surface area contributed by atoms with Crippen molar-refractivity contribution in [3.05, 3.63) is 0 Å². The molecule has 2 nitrogen and oxygen atoms in total. The number of carbonyl (C=O) groups excluding carboxylic acids is 1. The van der Waals surface area contributed by atoms with Crippen LogP contribution in [0.1, 0.15) is 19.8 Å². The smallest absolute Gasteiger partial charge is 0.236 e. The number of nitrogens with zero attached hydrogens (tertiary/aromatic N) is 1. The first-order chi connectivity index (χ1) is 5.68. The quantitative estimate of drug-likeness (QED) is 0.663. The minimum absolute atomic E-state index is 0.103. The zero-order valence-electron chi connectivity index (χ0n) is 7.29. The molecule has 0 aromatic heterocycles. The molecule has 2 fully saturated rings. The van der Waals surface area contributed by atoms with E-state index < -0.39 is 0 Å². The van der Waals surface area contributed by atoms with E-state index in [2.05, 4.69) is 22.9 Å². The number of alkyl halides is 1. The van der Waals surface area contributed by atoms with E-state index in [9.17, 15) is 4.79 Å². The van der Waals surface area contributed by atoms with E-state index in [1.807, 2.05) is 4.90 Å². The van der Waals surface area contributed by atoms with Crippen LogP contribution in [0.25, 0.3) is 0 Å². The third-order valence-corrected chi connectivity index (χ3v) is 3.81. The molecule has 0 bridgehead atoms. The molecule has 3 atom stereocenters. The van der Waals surface area contributed by atoms with Crippen molar-refractivity contribution in [3.63, 3.8) is 0 Å². The number of hydrogen-bond acceptors (Lipinski definition) is 1. The summed E-state index contributed by atoms with van der Waals surface area (Å²) in [5.41, 5.74) is 0. The molecule has 68 valence electrons. The Morgan fingerprint density at radius 3 is 2.75 bits per heavy atom. The summed E-state index contributed by atoms with van der Waals surface area (Å²) in [5.74, 6) is 1.95. The summed E-state index contributed by atoms with van der Waals surface area (Å²) in [7, 11) is 0. The maximum absolute atomic E-state index is 11.5. The van der Waals surface area contributed by atoms with Gasteiger partial charge in [0.25, 0.3) is 0 Å². The largest absolute Gasteiger partial charge is 0.341 e. The molecular weight excluding hydrogens is 218 g/mol. The molecule has 3 heteroatoms. The van der Waals surface area contributed by atoms with Gasteiger partial charge in [-0.3, -0.25) is 4.79 Å². The molecule has 1 saturated carbocycles. The normalized spacial score (nSPS) is 40.7. The molecule has 1 heterocycles. The topological polar surface area (TPSA) is 20.3 Å². The Morgan fingerprint density at radius 1 is 1.67 bits per heavy atom. The zero-order valence-corrected chi connectivity index (χ0v) is 8.88. The highest BCUT2D eigenvalue weighted by atomic mass is 79.9. The summed E-state index contributed by atoms with van der Waals surface area (Å²) in [6, 6.07) is 0. The second-order valence-electron chi connectivity index (χ2n) is 4.01. The molecule has 0 N–H and O–H groups in total. The summed E-state index contributed by atoms with van der Waals surface area (Å²) >= 11 is 3.38. The van der Waals surface area contributed by atoms with Gasteiger partial charge in [-0.1, -0.05) is 22.9 Å². The van der Waals surface area contributed by atoms with Crippen molar-refractivity contribution in [1.29, 1.82) is 0 Å². The van der Waals surface area contributed by atoms with Crippen molar-refractivity contribution in [2.24, 2.45) is 11.8 Å². The van der Waals surface area contributed by atoms with Crippen LogP contribution in [0.3, 0.4) is 0 Å². The van der Waals surface area contributed by atoms with Gasteiger partial charge < -0.3 is 4.90 Å². The first-order valence-corrected chi connectivity index (χ1v) is 5.53.